The van der Waals surface area contributed by atoms with Gasteiger partial charge in [-0.2, -0.15) is 0 Å². The lowest BCUT2D eigenvalue weighted by Crippen LogP contribution is -2.60. The van der Waals surface area contributed by atoms with Crippen LogP contribution in [0.15, 0.2) is 14.4 Å². The summed E-state index contributed by atoms with van der Waals surface area (Å²) in [5, 5.41) is 6.74. The van der Waals surface area contributed by atoms with Crippen molar-refractivity contribution in [3.63, 3.8) is 0 Å². The fourth-order valence-corrected chi connectivity index (χ4v) is 11.1. The third-order valence-electron chi connectivity index (χ3n) is 10.9. The van der Waals surface area contributed by atoms with Gasteiger partial charge < -0.3 is 10.6 Å². The van der Waals surface area contributed by atoms with Crippen LogP contribution in [0.3, 0.4) is 0 Å². The van der Waals surface area contributed by atoms with Crippen molar-refractivity contribution in [3.05, 3.63) is 31.5 Å². The van der Waals surface area contributed by atoms with Crippen molar-refractivity contribution in [1.29, 1.82) is 0 Å². The molecule has 1 heterocycles. The minimum atomic E-state index is -0.399. The zero-order valence-corrected chi connectivity index (χ0v) is 29.6. The molecule has 246 valence electrons. The standard InChI is InChI=1S/C35H63N5O3/c1-30(2)13-24(14-31(3,4)19-30)38-27(41)39(25-15-32(5,6)20-34(9,17-25)22-36-11)29(43)40(28(38)42)26-16-33(7,8)21-35(10,18-26)23-37-12/h24-26,36-37H,13-23H2,1-12H3. The third-order valence-corrected chi connectivity index (χ3v) is 10.9. The summed E-state index contributed by atoms with van der Waals surface area (Å²) in [7, 11) is 3.95. The molecule has 0 radical (unpaired) electrons. The quantitative estimate of drug-likeness (QED) is 0.406. The van der Waals surface area contributed by atoms with Crippen LogP contribution in [0.4, 0.5) is 0 Å². The molecule has 3 saturated carbocycles. The molecule has 4 atom stereocenters. The Morgan fingerprint density at radius 2 is 0.744 bits per heavy atom. The van der Waals surface area contributed by atoms with Gasteiger partial charge in [-0.05, 0) is 104 Å². The lowest BCUT2D eigenvalue weighted by Gasteiger charge is -2.48. The number of hydrogen-bond acceptors (Lipinski definition) is 5. The SMILES string of the molecule is CNCC1(C)CC(n2c(=O)n(C3CC(C)(C)CC(C)(C)C3)c(=O)n(C3CC(C)(C)CC(C)(CNC)C3)c2=O)CC(C)(C)C1. The molecular formula is C35H63N5O3. The second kappa shape index (κ2) is 11.3. The predicted molar refractivity (Wildman–Crippen MR) is 177 cm³/mol. The van der Waals surface area contributed by atoms with E-state index in [1.165, 1.54) is 4.57 Å². The average molecular weight is 602 g/mol. The minimum absolute atomic E-state index is 0.0134. The second-order valence-corrected chi connectivity index (χ2v) is 19.0. The lowest BCUT2D eigenvalue weighted by molar-refractivity contribution is 0.0379. The Kier molecular flexibility index (Phi) is 8.98. The molecular weight excluding hydrogens is 538 g/mol. The van der Waals surface area contributed by atoms with E-state index in [0.29, 0.717) is 0 Å². The minimum Gasteiger partial charge on any atom is -0.319 e. The van der Waals surface area contributed by atoms with E-state index in [1.54, 1.807) is 9.13 Å². The fraction of sp³-hybridized carbons (Fsp3) is 0.914. The monoisotopic (exact) mass is 601 g/mol. The molecule has 0 bridgehead atoms. The summed E-state index contributed by atoms with van der Waals surface area (Å²) in [6, 6.07) is -0.757. The summed E-state index contributed by atoms with van der Waals surface area (Å²) in [5.41, 5.74) is -1.43. The third kappa shape index (κ3) is 7.26. The molecule has 0 spiro atoms. The van der Waals surface area contributed by atoms with Crippen molar-refractivity contribution >= 4 is 0 Å². The van der Waals surface area contributed by atoms with E-state index in [1.807, 2.05) is 14.1 Å². The van der Waals surface area contributed by atoms with Gasteiger partial charge >= 0.3 is 17.1 Å². The van der Waals surface area contributed by atoms with Crippen molar-refractivity contribution < 1.29 is 0 Å². The first kappa shape index (κ1) is 34.2. The molecule has 3 fully saturated rings. The van der Waals surface area contributed by atoms with Crippen LogP contribution in [-0.2, 0) is 0 Å². The zero-order valence-electron chi connectivity index (χ0n) is 29.6. The molecule has 1 aromatic heterocycles. The molecule has 0 saturated heterocycles. The Balaban J connectivity index is 1.99. The first-order chi connectivity index (χ1) is 19.5. The van der Waals surface area contributed by atoms with Crippen LogP contribution >= 0.6 is 0 Å². The van der Waals surface area contributed by atoms with Crippen LogP contribution < -0.4 is 27.7 Å². The van der Waals surface area contributed by atoms with Gasteiger partial charge in [0.1, 0.15) is 0 Å². The molecule has 4 unspecified atom stereocenters. The molecule has 3 aliphatic rings. The highest BCUT2D eigenvalue weighted by Crippen LogP contribution is 2.52. The number of aromatic nitrogens is 3. The van der Waals surface area contributed by atoms with Crippen molar-refractivity contribution in [2.24, 2.45) is 32.5 Å². The predicted octanol–water partition coefficient (Wildman–Crippen LogP) is 5.90. The molecule has 2 N–H and O–H groups in total. The van der Waals surface area contributed by atoms with Crippen molar-refractivity contribution in [2.45, 2.75) is 145 Å². The zero-order chi connectivity index (χ0) is 32.4. The van der Waals surface area contributed by atoms with Crippen LogP contribution in [0.2, 0.25) is 0 Å². The van der Waals surface area contributed by atoms with Crippen molar-refractivity contribution in [2.75, 3.05) is 27.2 Å². The Morgan fingerprint density at radius 3 is 1.02 bits per heavy atom. The Hall–Kier alpha value is -1.67. The summed E-state index contributed by atoms with van der Waals surface area (Å²) in [6.07, 6.45) is 7.55. The number of rotatable bonds is 7. The molecule has 8 heteroatoms. The highest BCUT2D eigenvalue weighted by molar-refractivity contribution is 5.02. The first-order valence-electron chi connectivity index (χ1n) is 16.8. The van der Waals surface area contributed by atoms with Gasteiger partial charge in [0.15, 0.2) is 0 Å². The second-order valence-electron chi connectivity index (χ2n) is 19.0. The van der Waals surface area contributed by atoms with Gasteiger partial charge in [-0.3, -0.25) is 0 Å². The van der Waals surface area contributed by atoms with Gasteiger partial charge in [-0.25, -0.2) is 28.1 Å². The van der Waals surface area contributed by atoms with Crippen molar-refractivity contribution in [3.8, 4) is 0 Å². The van der Waals surface area contributed by atoms with Crippen LogP contribution in [0, 0.1) is 32.5 Å². The Morgan fingerprint density at radius 1 is 0.488 bits per heavy atom. The molecule has 0 amide bonds. The maximum absolute atomic E-state index is 14.7. The molecule has 8 nitrogen and oxygen atoms in total. The van der Waals surface area contributed by atoms with Gasteiger partial charge in [0, 0.05) is 31.2 Å². The highest BCUT2D eigenvalue weighted by atomic mass is 16.2. The topological polar surface area (TPSA) is 90.1 Å². The van der Waals surface area contributed by atoms with Crippen LogP contribution in [0.25, 0.3) is 0 Å². The van der Waals surface area contributed by atoms with E-state index < -0.39 is 17.1 Å². The molecule has 4 rings (SSSR count). The van der Waals surface area contributed by atoms with E-state index in [4.69, 9.17) is 0 Å². The van der Waals surface area contributed by atoms with Crippen LogP contribution in [0.5, 0.6) is 0 Å². The number of hydrogen-bond donors (Lipinski definition) is 2. The van der Waals surface area contributed by atoms with E-state index in [9.17, 15) is 14.4 Å². The summed E-state index contributed by atoms with van der Waals surface area (Å²) in [4.78, 5) is 44.1. The highest BCUT2D eigenvalue weighted by Gasteiger charge is 2.47. The first-order valence-corrected chi connectivity index (χ1v) is 16.8. The molecule has 0 aromatic carbocycles. The van der Waals surface area contributed by atoms with Crippen LogP contribution in [0.1, 0.15) is 145 Å². The molecule has 43 heavy (non-hydrogen) atoms. The Labute approximate surface area is 260 Å². The largest absolute Gasteiger partial charge is 0.336 e. The van der Waals surface area contributed by atoms with Crippen molar-refractivity contribution in [1.82, 2.24) is 24.3 Å². The smallest absolute Gasteiger partial charge is 0.319 e. The molecule has 1 aromatic rings. The van der Waals surface area contributed by atoms with E-state index in [0.717, 1.165) is 70.9 Å². The summed E-state index contributed by atoms with van der Waals surface area (Å²) in [5.74, 6) is 0. The maximum Gasteiger partial charge on any atom is 0.336 e. The summed E-state index contributed by atoms with van der Waals surface area (Å²) >= 11 is 0. The Bertz CT molecular complexity index is 1270. The molecule has 0 aliphatic heterocycles. The van der Waals surface area contributed by atoms with Gasteiger partial charge in [0.25, 0.3) is 0 Å². The summed E-state index contributed by atoms with van der Waals surface area (Å²) < 4.78 is 4.63. The van der Waals surface area contributed by atoms with E-state index in [2.05, 4.69) is 79.9 Å². The summed E-state index contributed by atoms with van der Waals surface area (Å²) in [6.45, 7) is 24.2. The molecule has 3 aliphatic carbocycles. The number of nitrogens with one attached hydrogen (secondary N) is 2. The normalized spacial score (nSPS) is 33.8. The van der Waals surface area contributed by atoms with Gasteiger partial charge in [-0.1, -0.05) is 69.2 Å². The van der Waals surface area contributed by atoms with Crippen LogP contribution in [-0.4, -0.2) is 40.9 Å². The average Bonchev–Trinajstić information content (AvgIpc) is 2.74. The van der Waals surface area contributed by atoms with Gasteiger partial charge in [0.2, 0.25) is 0 Å². The van der Waals surface area contributed by atoms with Gasteiger partial charge in [-0.15, -0.1) is 0 Å². The lowest BCUT2D eigenvalue weighted by atomic mass is 9.62. The van der Waals surface area contributed by atoms with E-state index >= 15 is 0 Å². The van der Waals surface area contributed by atoms with E-state index in [-0.39, 0.29) is 50.6 Å². The van der Waals surface area contributed by atoms with Gasteiger partial charge in [0.05, 0.1) is 0 Å². The fourth-order valence-electron chi connectivity index (χ4n) is 11.1. The number of nitrogens with zero attached hydrogens (tertiary/aromatic N) is 3. The maximum atomic E-state index is 14.7.